The van der Waals surface area contributed by atoms with Crippen molar-refractivity contribution in [2.24, 2.45) is 0 Å². The van der Waals surface area contributed by atoms with Gasteiger partial charge in [0, 0.05) is 20.0 Å². The number of aromatic nitrogens is 1. The molecule has 1 aromatic rings. The van der Waals surface area contributed by atoms with Crippen molar-refractivity contribution in [3.05, 3.63) is 24.4 Å². The van der Waals surface area contributed by atoms with Crippen molar-refractivity contribution in [2.45, 2.75) is 30.7 Å². The van der Waals surface area contributed by atoms with Gasteiger partial charge in [0.05, 0.1) is 10.8 Å². The summed E-state index contributed by atoms with van der Waals surface area (Å²) in [6, 6.07) is 6.66. The zero-order valence-corrected chi connectivity index (χ0v) is 10.8. The highest BCUT2D eigenvalue weighted by atomic mass is 32.2. The lowest BCUT2D eigenvalue weighted by molar-refractivity contribution is 0.681. The zero-order chi connectivity index (χ0) is 10.6. The third-order valence-corrected chi connectivity index (χ3v) is 5.30. The minimum Gasteiger partial charge on any atom is -0.253 e. The van der Waals surface area contributed by atoms with Crippen molar-refractivity contribution >= 4 is 18.9 Å². The first kappa shape index (κ1) is 11.6. The molecule has 0 aliphatic rings. The molecule has 0 aromatic carbocycles. The summed E-state index contributed by atoms with van der Waals surface area (Å²) in [6.45, 7) is 6.88. The van der Waals surface area contributed by atoms with Crippen LogP contribution >= 0.6 is 0 Å². The van der Waals surface area contributed by atoms with Crippen LogP contribution in [0.15, 0.2) is 29.4 Å². The van der Waals surface area contributed by atoms with Crippen LogP contribution in [-0.4, -0.2) is 23.0 Å². The maximum absolute atomic E-state index is 11.8. The molecule has 1 aromatic heterocycles. The maximum Gasteiger partial charge on any atom is 0.127 e. The topological polar surface area (TPSA) is 30.0 Å². The lowest BCUT2D eigenvalue weighted by atomic mass is 10.5. The van der Waals surface area contributed by atoms with E-state index in [9.17, 15) is 4.21 Å². The molecule has 0 saturated heterocycles. The minimum atomic E-state index is -1.07. The Bertz CT molecular complexity index is 308. The summed E-state index contributed by atoms with van der Waals surface area (Å²) >= 11 is 0. The number of hydrogen-bond acceptors (Lipinski definition) is 2. The molecule has 0 aliphatic heterocycles. The molecule has 0 radical (unpaired) electrons. The van der Waals surface area contributed by atoms with E-state index in [1.54, 1.807) is 6.20 Å². The summed E-state index contributed by atoms with van der Waals surface area (Å²) in [4.78, 5) is 4.09. The van der Waals surface area contributed by atoms with Crippen molar-refractivity contribution in [3.63, 3.8) is 0 Å². The van der Waals surface area contributed by atoms with E-state index >= 15 is 0 Å². The Morgan fingerprint density at radius 2 is 2.07 bits per heavy atom. The van der Waals surface area contributed by atoms with Gasteiger partial charge in [-0.2, -0.15) is 0 Å². The normalized spacial score (nSPS) is 13.9. The summed E-state index contributed by atoms with van der Waals surface area (Å²) in [5.74, 6) is 0.757. The average Bonchev–Trinajstić information content (AvgIpc) is 2.14. The van der Waals surface area contributed by atoms with Gasteiger partial charge in [0.1, 0.15) is 5.03 Å². The molecule has 78 valence electrons. The molecule has 1 unspecified atom stereocenters. The van der Waals surface area contributed by atoms with Crippen LogP contribution in [0.2, 0.25) is 25.7 Å². The Labute approximate surface area is 89.2 Å². The number of pyridine rings is 1. The minimum absolute atomic E-state index is 0.714. The highest BCUT2D eigenvalue weighted by Crippen LogP contribution is 2.11. The van der Waals surface area contributed by atoms with Gasteiger partial charge in [-0.3, -0.25) is 4.21 Å². The van der Waals surface area contributed by atoms with Crippen molar-refractivity contribution in [3.8, 4) is 0 Å². The molecule has 0 bridgehead atoms. The molecule has 0 fully saturated rings. The van der Waals surface area contributed by atoms with Gasteiger partial charge in [-0.05, 0) is 18.2 Å². The summed E-state index contributed by atoms with van der Waals surface area (Å²) in [7, 11) is -1.98. The Morgan fingerprint density at radius 1 is 1.36 bits per heavy atom. The average molecular weight is 227 g/mol. The van der Waals surface area contributed by atoms with Gasteiger partial charge in [0.25, 0.3) is 0 Å². The van der Waals surface area contributed by atoms with E-state index < -0.39 is 18.9 Å². The van der Waals surface area contributed by atoms with Crippen LogP contribution in [0.1, 0.15) is 0 Å². The lowest BCUT2D eigenvalue weighted by Gasteiger charge is -2.14. The molecular weight excluding hydrogens is 210 g/mol. The fourth-order valence-corrected chi connectivity index (χ4v) is 4.79. The van der Waals surface area contributed by atoms with E-state index in [1.165, 1.54) is 0 Å². The van der Waals surface area contributed by atoms with E-state index in [1.807, 2.05) is 18.2 Å². The van der Waals surface area contributed by atoms with Crippen molar-refractivity contribution < 1.29 is 4.21 Å². The monoisotopic (exact) mass is 227 g/mol. The second-order valence-corrected chi connectivity index (χ2v) is 11.7. The second-order valence-electron chi connectivity index (χ2n) is 4.53. The fourth-order valence-electron chi connectivity index (χ4n) is 0.985. The summed E-state index contributed by atoms with van der Waals surface area (Å²) in [6.07, 6.45) is 1.70. The van der Waals surface area contributed by atoms with Gasteiger partial charge in [-0.25, -0.2) is 4.98 Å². The molecule has 0 N–H and O–H groups in total. The van der Waals surface area contributed by atoms with Gasteiger partial charge in [-0.15, -0.1) is 0 Å². The zero-order valence-electron chi connectivity index (χ0n) is 8.99. The number of rotatable bonds is 4. The van der Waals surface area contributed by atoms with Gasteiger partial charge in [0.2, 0.25) is 0 Å². The molecule has 0 aliphatic carbocycles. The van der Waals surface area contributed by atoms with Gasteiger partial charge in [-0.1, -0.05) is 25.7 Å². The molecule has 0 saturated carbocycles. The van der Waals surface area contributed by atoms with Crippen LogP contribution in [-0.2, 0) is 10.8 Å². The van der Waals surface area contributed by atoms with Crippen LogP contribution in [0.5, 0.6) is 0 Å². The molecule has 1 rings (SSSR count). The molecule has 4 heteroatoms. The van der Waals surface area contributed by atoms with Crippen molar-refractivity contribution in [2.75, 3.05) is 5.75 Å². The lowest BCUT2D eigenvalue weighted by Crippen LogP contribution is -2.22. The Balaban J connectivity index is 2.52. The largest absolute Gasteiger partial charge is 0.253 e. The highest BCUT2D eigenvalue weighted by molar-refractivity contribution is 7.85. The highest BCUT2D eigenvalue weighted by Gasteiger charge is 2.15. The maximum atomic E-state index is 11.8. The van der Waals surface area contributed by atoms with E-state index in [0.717, 1.165) is 11.8 Å². The molecule has 2 nitrogen and oxygen atoms in total. The van der Waals surface area contributed by atoms with E-state index in [4.69, 9.17) is 0 Å². The first-order chi connectivity index (χ1) is 6.49. The Morgan fingerprint density at radius 3 is 2.57 bits per heavy atom. The summed E-state index contributed by atoms with van der Waals surface area (Å²) in [5.41, 5.74) is 0. The van der Waals surface area contributed by atoms with Crippen molar-refractivity contribution in [1.82, 2.24) is 4.98 Å². The number of nitrogens with zero attached hydrogens (tertiary/aromatic N) is 1. The van der Waals surface area contributed by atoms with E-state index in [-0.39, 0.29) is 0 Å². The smallest absolute Gasteiger partial charge is 0.127 e. The van der Waals surface area contributed by atoms with Crippen LogP contribution in [0.3, 0.4) is 0 Å². The first-order valence-electron chi connectivity index (χ1n) is 4.78. The number of hydrogen-bond donors (Lipinski definition) is 0. The molecule has 1 heterocycles. The quantitative estimate of drug-likeness (QED) is 0.740. The summed E-state index contributed by atoms with van der Waals surface area (Å²) in [5, 5.41) is 0.714. The van der Waals surface area contributed by atoms with Crippen LogP contribution in [0.25, 0.3) is 0 Å². The fraction of sp³-hybridized carbons (Fsp3) is 0.500. The molecular formula is C10H17NOSSi. The third-order valence-electron chi connectivity index (χ3n) is 1.91. The van der Waals surface area contributed by atoms with Gasteiger partial charge in [0.15, 0.2) is 0 Å². The summed E-state index contributed by atoms with van der Waals surface area (Å²) < 4.78 is 11.8. The molecule has 0 amide bonds. The standard InChI is InChI=1S/C10H17NOSSi/c1-14(2,3)9-8-13(12)10-6-4-5-7-11-10/h4-7H,8-9H2,1-3H3. The third kappa shape index (κ3) is 4.15. The van der Waals surface area contributed by atoms with E-state index in [0.29, 0.717) is 5.03 Å². The molecule has 0 spiro atoms. The molecule has 1 atom stereocenters. The SMILES string of the molecule is C[Si](C)(C)CCS(=O)c1ccccn1. The van der Waals surface area contributed by atoms with Gasteiger partial charge >= 0.3 is 0 Å². The van der Waals surface area contributed by atoms with Gasteiger partial charge < -0.3 is 0 Å². The predicted octanol–water partition coefficient (Wildman–Crippen LogP) is 2.53. The van der Waals surface area contributed by atoms with Crippen LogP contribution in [0, 0.1) is 0 Å². The van der Waals surface area contributed by atoms with Crippen LogP contribution in [0.4, 0.5) is 0 Å². The van der Waals surface area contributed by atoms with E-state index in [2.05, 4.69) is 24.6 Å². The Kier molecular flexibility index (Phi) is 4.01. The van der Waals surface area contributed by atoms with Crippen LogP contribution < -0.4 is 0 Å². The first-order valence-corrected chi connectivity index (χ1v) is 9.81. The van der Waals surface area contributed by atoms with Crippen molar-refractivity contribution in [1.29, 1.82) is 0 Å². The second kappa shape index (κ2) is 4.84. The predicted molar refractivity (Wildman–Crippen MR) is 63.7 cm³/mol. The Hall–Kier alpha value is -0.483. The molecule has 14 heavy (non-hydrogen) atoms.